The Morgan fingerprint density at radius 1 is 1.04 bits per heavy atom. The predicted octanol–water partition coefficient (Wildman–Crippen LogP) is 3.71. The molecule has 0 atom stereocenters. The van der Waals surface area contributed by atoms with Gasteiger partial charge in [0.05, 0.1) is 10.4 Å². The highest BCUT2D eigenvalue weighted by molar-refractivity contribution is 7.90. The van der Waals surface area contributed by atoms with E-state index >= 15 is 0 Å². The molecule has 0 bridgehead atoms. The Hall–Kier alpha value is -2.40. The first kappa shape index (κ1) is 16.5. The van der Waals surface area contributed by atoms with Gasteiger partial charge in [0.1, 0.15) is 5.78 Å². The zero-order chi connectivity index (χ0) is 17.3. The van der Waals surface area contributed by atoms with E-state index in [-0.39, 0.29) is 17.1 Å². The number of fused-ring (bicyclic) bond motifs is 1. The number of Topliss-reactive ketones (excluding diaryl/α,β-unsaturated/α-hetero) is 1. The molecule has 0 saturated heterocycles. The number of carbonyl (C=O) groups is 1. The van der Waals surface area contributed by atoms with Gasteiger partial charge < -0.3 is 0 Å². The maximum absolute atomic E-state index is 13.2. The van der Waals surface area contributed by atoms with E-state index in [9.17, 15) is 13.2 Å². The fourth-order valence-electron chi connectivity index (χ4n) is 2.74. The molecule has 4 nitrogen and oxygen atoms in total. The molecule has 0 aliphatic rings. The van der Waals surface area contributed by atoms with Crippen LogP contribution in [0.25, 0.3) is 10.9 Å². The van der Waals surface area contributed by atoms with Crippen LogP contribution in [-0.2, 0) is 21.2 Å². The van der Waals surface area contributed by atoms with Gasteiger partial charge in [-0.05, 0) is 31.2 Å². The monoisotopic (exact) mass is 341 g/mol. The van der Waals surface area contributed by atoms with Gasteiger partial charge in [-0.25, -0.2) is 12.4 Å². The van der Waals surface area contributed by atoms with E-state index < -0.39 is 10.0 Å². The smallest absolute Gasteiger partial charge is 0.268 e. The molecule has 0 radical (unpaired) electrons. The Labute approximate surface area is 141 Å². The van der Waals surface area contributed by atoms with Crippen LogP contribution >= 0.6 is 0 Å². The highest BCUT2D eigenvalue weighted by atomic mass is 32.2. The minimum atomic E-state index is -3.76. The number of benzene rings is 2. The highest BCUT2D eigenvalue weighted by Crippen LogP contribution is 2.26. The minimum absolute atomic E-state index is 0.0122. The molecule has 0 amide bonds. The van der Waals surface area contributed by atoms with E-state index in [0.29, 0.717) is 17.6 Å². The molecule has 0 aliphatic carbocycles. The van der Waals surface area contributed by atoms with Gasteiger partial charge in [-0.1, -0.05) is 42.8 Å². The first-order chi connectivity index (χ1) is 11.4. The van der Waals surface area contributed by atoms with Gasteiger partial charge in [0.2, 0.25) is 0 Å². The van der Waals surface area contributed by atoms with Crippen LogP contribution in [0.5, 0.6) is 0 Å². The van der Waals surface area contributed by atoms with Gasteiger partial charge in [0.25, 0.3) is 10.0 Å². The SMILES string of the molecule is CCC(=O)Cc1cc2ccccc2n1S(=O)(=O)c1ccc(C)cc1. The Bertz CT molecular complexity index is 999. The third-order valence-corrected chi connectivity index (χ3v) is 5.85. The molecule has 124 valence electrons. The summed E-state index contributed by atoms with van der Waals surface area (Å²) < 4.78 is 27.6. The van der Waals surface area contributed by atoms with E-state index in [4.69, 9.17) is 0 Å². The zero-order valence-corrected chi connectivity index (χ0v) is 14.5. The van der Waals surface area contributed by atoms with Crippen LogP contribution in [0.15, 0.2) is 59.5 Å². The number of aromatic nitrogens is 1. The average molecular weight is 341 g/mol. The normalized spacial score (nSPS) is 11.8. The Morgan fingerprint density at radius 3 is 2.38 bits per heavy atom. The van der Waals surface area contributed by atoms with Crippen LogP contribution in [-0.4, -0.2) is 18.2 Å². The summed E-state index contributed by atoms with van der Waals surface area (Å²) in [4.78, 5) is 12.1. The number of nitrogens with zero attached hydrogens (tertiary/aromatic N) is 1. The fraction of sp³-hybridized carbons (Fsp3) is 0.211. The van der Waals surface area contributed by atoms with E-state index in [0.717, 1.165) is 10.9 Å². The third-order valence-electron chi connectivity index (χ3n) is 4.07. The molecular weight excluding hydrogens is 322 g/mol. The van der Waals surface area contributed by atoms with Crippen LogP contribution < -0.4 is 0 Å². The quantitative estimate of drug-likeness (QED) is 0.711. The first-order valence-corrected chi connectivity index (χ1v) is 9.31. The van der Waals surface area contributed by atoms with Crippen molar-refractivity contribution < 1.29 is 13.2 Å². The van der Waals surface area contributed by atoms with E-state index in [1.54, 1.807) is 49.4 Å². The standard InChI is InChI=1S/C19H19NO3S/c1-3-17(21)13-16-12-15-6-4-5-7-19(15)20(16)24(22,23)18-10-8-14(2)9-11-18/h4-12H,3,13H2,1-2H3. The summed E-state index contributed by atoms with van der Waals surface area (Å²) >= 11 is 0. The molecule has 0 spiro atoms. The lowest BCUT2D eigenvalue weighted by atomic mass is 10.2. The number of hydrogen-bond acceptors (Lipinski definition) is 3. The maximum Gasteiger partial charge on any atom is 0.268 e. The molecule has 2 aromatic carbocycles. The van der Waals surface area contributed by atoms with Crippen LogP contribution in [0.3, 0.4) is 0 Å². The summed E-state index contributed by atoms with van der Waals surface area (Å²) in [7, 11) is -3.76. The summed E-state index contributed by atoms with van der Waals surface area (Å²) in [6, 6.07) is 15.8. The summed E-state index contributed by atoms with van der Waals surface area (Å²) in [6.45, 7) is 3.69. The second kappa shape index (κ2) is 6.24. The molecule has 3 rings (SSSR count). The second-order valence-electron chi connectivity index (χ2n) is 5.85. The number of hydrogen-bond donors (Lipinski definition) is 0. The first-order valence-electron chi connectivity index (χ1n) is 7.87. The summed E-state index contributed by atoms with van der Waals surface area (Å²) in [6.07, 6.45) is 0.488. The topological polar surface area (TPSA) is 56.1 Å². The number of para-hydroxylation sites is 1. The van der Waals surface area contributed by atoms with Crippen LogP contribution in [0, 0.1) is 6.92 Å². The van der Waals surface area contributed by atoms with Crippen molar-refractivity contribution in [1.82, 2.24) is 3.97 Å². The number of rotatable bonds is 5. The van der Waals surface area contributed by atoms with Crippen LogP contribution in [0.1, 0.15) is 24.6 Å². The van der Waals surface area contributed by atoms with Crippen molar-refractivity contribution in [3.8, 4) is 0 Å². The fourth-order valence-corrected chi connectivity index (χ4v) is 4.28. The highest BCUT2D eigenvalue weighted by Gasteiger charge is 2.23. The molecule has 5 heteroatoms. The Morgan fingerprint density at radius 2 is 1.71 bits per heavy atom. The summed E-state index contributed by atoms with van der Waals surface area (Å²) in [5.74, 6) is 0.0122. The van der Waals surface area contributed by atoms with Crippen molar-refractivity contribution in [2.24, 2.45) is 0 Å². The molecule has 24 heavy (non-hydrogen) atoms. The zero-order valence-electron chi connectivity index (χ0n) is 13.7. The summed E-state index contributed by atoms with van der Waals surface area (Å²) in [5, 5.41) is 0.812. The van der Waals surface area contributed by atoms with Crippen molar-refractivity contribution in [3.63, 3.8) is 0 Å². The largest absolute Gasteiger partial charge is 0.299 e. The van der Waals surface area contributed by atoms with Crippen molar-refractivity contribution >= 4 is 26.7 Å². The van der Waals surface area contributed by atoms with Gasteiger partial charge in [-0.15, -0.1) is 0 Å². The lowest BCUT2D eigenvalue weighted by molar-refractivity contribution is -0.118. The van der Waals surface area contributed by atoms with Crippen molar-refractivity contribution in [3.05, 3.63) is 65.9 Å². The van der Waals surface area contributed by atoms with Crippen molar-refractivity contribution in [1.29, 1.82) is 0 Å². The maximum atomic E-state index is 13.2. The molecule has 0 N–H and O–H groups in total. The number of aryl methyl sites for hydroxylation is 1. The average Bonchev–Trinajstić information content (AvgIpc) is 2.93. The van der Waals surface area contributed by atoms with Crippen LogP contribution in [0.4, 0.5) is 0 Å². The van der Waals surface area contributed by atoms with Gasteiger partial charge in [0, 0.05) is 23.9 Å². The van der Waals surface area contributed by atoms with Gasteiger partial charge in [-0.3, -0.25) is 4.79 Å². The van der Waals surface area contributed by atoms with Gasteiger partial charge in [0.15, 0.2) is 0 Å². The number of ketones is 1. The van der Waals surface area contributed by atoms with E-state index in [1.807, 2.05) is 19.1 Å². The summed E-state index contributed by atoms with van der Waals surface area (Å²) in [5.41, 5.74) is 2.09. The Kier molecular flexibility index (Phi) is 4.28. The molecule has 3 aromatic rings. The van der Waals surface area contributed by atoms with Crippen molar-refractivity contribution in [2.75, 3.05) is 0 Å². The lowest BCUT2D eigenvalue weighted by Crippen LogP contribution is -2.17. The molecule has 0 aliphatic heterocycles. The molecule has 0 fully saturated rings. The van der Waals surface area contributed by atoms with E-state index in [2.05, 4.69) is 0 Å². The minimum Gasteiger partial charge on any atom is -0.299 e. The molecule has 0 unspecified atom stereocenters. The molecule has 1 aromatic heterocycles. The predicted molar refractivity (Wildman–Crippen MR) is 94.7 cm³/mol. The van der Waals surface area contributed by atoms with Crippen molar-refractivity contribution in [2.45, 2.75) is 31.6 Å². The van der Waals surface area contributed by atoms with Gasteiger partial charge >= 0.3 is 0 Å². The van der Waals surface area contributed by atoms with Gasteiger partial charge in [-0.2, -0.15) is 0 Å². The molecule has 1 heterocycles. The van der Waals surface area contributed by atoms with Crippen LogP contribution in [0.2, 0.25) is 0 Å². The van der Waals surface area contributed by atoms with E-state index in [1.165, 1.54) is 3.97 Å². The second-order valence-corrected chi connectivity index (χ2v) is 7.63. The molecular formula is C19H19NO3S. The lowest BCUT2D eigenvalue weighted by Gasteiger charge is -2.12. The number of carbonyl (C=O) groups excluding carboxylic acids is 1. The Balaban J connectivity index is 2.24. The molecule has 0 saturated carbocycles. The third kappa shape index (κ3) is 2.87.